The van der Waals surface area contributed by atoms with Crippen LogP contribution in [0.25, 0.3) is 11.3 Å². The van der Waals surface area contributed by atoms with Crippen molar-refractivity contribution in [2.24, 2.45) is 5.92 Å². The number of aryl methyl sites for hydroxylation is 1. The number of nitrogens with zero attached hydrogens (tertiary/aromatic N) is 3. The molecular weight excluding hydrogens is 437 g/mol. The molecule has 2 aliphatic heterocycles. The molecule has 2 aromatic rings. The number of rotatable bonds is 7. The van der Waals surface area contributed by atoms with Gasteiger partial charge in [-0.05, 0) is 49.9 Å². The summed E-state index contributed by atoms with van der Waals surface area (Å²) in [4.78, 5) is 21.4. The van der Waals surface area contributed by atoms with E-state index in [0.29, 0.717) is 40.5 Å². The van der Waals surface area contributed by atoms with Gasteiger partial charge in [0.25, 0.3) is 0 Å². The number of likely N-dealkylation sites (tertiary alicyclic amines) is 1. The van der Waals surface area contributed by atoms with E-state index < -0.39 is 0 Å². The number of hydrogen-bond donors (Lipinski definition) is 0. The third kappa shape index (κ3) is 6.22. The lowest BCUT2D eigenvalue weighted by Crippen LogP contribution is -2.40. The Hall–Kier alpha value is -1.60. The van der Waals surface area contributed by atoms with Crippen LogP contribution < -0.4 is 0 Å². The molecule has 3 heterocycles. The SMILES string of the molecule is O=C(CCc1ncc(-c2ccc(Cl)cc2Cl)o1)N1CCC(CCN2CCOCC2)CC1. The number of ether oxygens (including phenoxy) is 1. The van der Waals surface area contributed by atoms with Gasteiger partial charge in [-0.1, -0.05) is 23.2 Å². The van der Waals surface area contributed by atoms with Gasteiger partial charge in [-0.25, -0.2) is 4.98 Å². The third-order valence-electron chi connectivity index (χ3n) is 6.23. The summed E-state index contributed by atoms with van der Waals surface area (Å²) in [6, 6.07) is 5.25. The predicted octanol–water partition coefficient (Wildman–Crippen LogP) is 4.54. The van der Waals surface area contributed by atoms with Crippen LogP contribution in [0.4, 0.5) is 0 Å². The number of carbonyl (C=O) groups is 1. The molecule has 0 spiro atoms. The smallest absolute Gasteiger partial charge is 0.223 e. The van der Waals surface area contributed by atoms with E-state index in [9.17, 15) is 4.79 Å². The molecule has 31 heavy (non-hydrogen) atoms. The number of morpholine rings is 1. The zero-order valence-electron chi connectivity index (χ0n) is 17.7. The summed E-state index contributed by atoms with van der Waals surface area (Å²) in [5, 5.41) is 1.09. The fraction of sp³-hybridized carbons (Fsp3) is 0.565. The third-order valence-corrected chi connectivity index (χ3v) is 6.78. The van der Waals surface area contributed by atoms with Crippen molar-refractivity contribution in [2.75, 3.05) is 45.9 Å². The summed E-state index contributed by atoms with van der Waals surface area (Å²) in [7, 11) is 0. The van der Waals surface area contributed by atoms with Crippen molar-refractivity contribution in [1.82, 2.24) is 14.8 Å². The molecule has 6 nitrogen and oxygen atoms in total. The molecule has 0 unspecified atom stereocenters. The highest BCUT2D eigenvalue weighted by Crippen LogP contribution is 2.31. The minimum absolute atomic E-state index is 0.177. The minimum Gasteiger partial charge on any atom is -0.441 e. The minimum atomic E-state index is 0.177. The lowest BCUT2D eigenvalue weighted by Gasteiger charge is -2.34. The summed E-state index contributed by atoms with van der Waals surface area (Å²) in [6.45, 7) is 6.64. The molecule has 4 rings (SSSR count). The van der Waals surface area contributed by atoms with Crippen LogP contribution in [0, 0.1) is 5.92 Å². The molecule has 0 radical (unpaired) electrons. The molecule has 0 saturated carbocycles. The topological polar surface area (TPSA) is 58.8 Å². The van der Waals surface area contributed by atoms with Gasteiger partial charge in [-0.2, -0.15) is 0 Å². The summed E-state index contributed by atoms with van der Waals surface area (Å²) in [6.07, 6.45) is 5.94. The molecule has 2 fully saturated rings. The Balaban J connectivity index is 1.20. The Labute approximate surface area is 193 Å². The Kier molecular flexibility index (Phi) is 7.88. The van der Waals surface area contributed by atoms with Crippen molar-refractivity contribution in [3.63, 3.8) is 0 Å². The summed E-state index contributed by atoms with van der Waals surface area (Å²) < 4.78 is 11.2. The monoisotopic (exact) mass is 465 g/mol. The zero-order chi connectivity index (χ0) is 21.6. The summed E-state index contributed by atoms with van der Waals surface area (Å²) in [5.74, 6) is 2.03. The van der Waals surface area contributed by atoms with Gasteiger partial charge in [0, 0.05) is 49.6 Å². The highest BCUT2D eigenvalue weighted by atomic mass is 35.5. The van der Waals surface area contributed by atoms with Crippen LogP contribution in [0.5, 0.6) is 0 Å². The molecule has 0 atom stereocenters. The van der Waals surface area contributed by atoms with Crippen LogP contribution in [0.15, 0.2) is 28.8 Å². The van der Waals surface area contributed by atoms with Crippen molar-refractivity contribution in [1.29, 1.82) is 0 Å². The lowest BCUT2D eigenvalue weighted by atomic mass is 9.93. The molecule has 0 bridgehead atoms. The first-order valence-corrected chi connectivity index (χ1v) is 11.8. The van der Waals surface area contributed by atoms with Gasteiger partial charge in [0.1, 0.15) is 0 Å². The standard InChI is InChI=1S/C23H29Cl2N3O3/c24-18-1-2-19(20(25)15-18)21-16-26-22(31-21)3-4-23(29)28-9-6-17(7-10-28)5-8-27-11-13-30-14-12-27/h1-2,15-17H,3-14H2. The highest BCUT2D eigenvalue weighted by Gasteiger charge is 2.24. The van der Waals surface area contributed by atoms with Crippen molar-refractivity contribution >= 4 is 29.1 Å². The van der Waals surface area contributed by atoms with Crippen LogP contribution in [-0.2, 0) is 16.0 Å². The van der Waals surface area contributed by atoms with Crippen LogP contribution in [0.1, 0.15) is 31.6 Å². The van der Waals surface area contributed by atoms with Crippen LogP contribution in [0.3, 0.4) is 0 Å². The lowest BCUT2D eigenvalue weighted by molar-refractivity contribution is -0.132. The van der Waals surface area contributed by atoms with E-state index in [4.69, 9.17) is 32.4 Å². The van der Waals surface area contributed by atoms with E-state index >= 15 is 0 Å². The highest BCUT2D eigenvalue weighted by molar-refractivity contribution is 6.36. The number of aromatic nitrogens is 1. The number of amides is 1. The van der Waals surface area contributed by atoms with E-state index in [2.05, 4.69) is 9.88 Å². The maximum atomic E-state index is 12.7. The van der Waals surface area contributed by atoms with E-state index in [1.165, 1.54) is 6.42 Å². The van der Waals surface area contributed by atoms with E-state index in [-0.39, 0.29) is 5.91 Å². The van der Waals surface area contributed by atoms with Crippen LogP contribution in [0.2, 0.25) is 10.0 Å². The zero-order valence-corrected chi connectivity index (χ0v) is 19.2. The van der Waals surface area contributed by atoms with Gasteiger partial charge >= 0.3 is 0 Å². The van der Waals surface area contributed by atoms with Gasteiger partial charge in [-0.3, -0.25) is 9.69 Å². The molecule has 1 aromatic heterocycles. The number of oxazole rings is 1. The fourth-order valence-corrected chi connectivity index (χ4v) is 4.77. The molecular formula is C23H29Cl2N3O3. The average Bonchev–Trinajstić information content (AvgIpc) is 3.26. The maximum absolute atomic E-state index is 12.7. The Morgan fingerprint density at radius 1 is 1.13 bits per heavy atom. The van der Waals surface area contributed by atoms with Crippen LogP contribution in [-0.4, -0.2) is 66.6 Å². The average molecular weight is 466 g/mol. The normalized spacial score (nSPS) is 18.5. The van der Waals surface area contributed by atoms with Gasteiger partial charge in [0.15, 0.2) is 11.7 Å². The molecule has 8 heteroatoms. The first-order chi connectivity index (χ1) is 15.1. The number of benzene rings is 1. The number of carbonyl (C=O) groups excluding carboxylic acids is 1. The molecule has 1 aromatic carbocycles. The predicted molar refractivity (Wildman–Crippen MR) is 121 cm³/mol. The second-order valence-corrected chi connectivity index (χ2v) is 9.15. The number of halogens is 2. The first kappa shape index (κ1) is 22.6. The Morgan fingerprint density at radius 3 is 2.65 bits per heavy atom. The molecule has 168 valence electrons. The van der Waals surface area contributed by atoms with Crippen molar-refractivity contribution < 1.29 is 13.9 Å². The number of hydrogen-bond acceptors (Lipinski definition) is 5. The van der Waals surface area contributed by atoms with Gasteiger partial charge in [0.2, 0.25) is 5.91 Å². The second-order valence-electron chi connectivity index (χ2n) is 8.31. The quantitative estimate of drug-likeness (QED) is 0.600. The molecule has 2 saturated heterocycles. The Morgan fingerprint density at radius 2 is 1.90 bits per heavy atom. The van der Waals surface area contributed by atoms with E-state index in [1.807, 2.05) is 11.0 Å². The van der Waals surface area contributed by atoms with Gasteiger partial charge < -0.3 is 14.1 Å². The number of piperidine rings is 1. The van der Waals surface area contributed by atoms with Gasteiger partial charge in [0.05, 0.1) is 24.4 Å². The maximum Gasteiger partial charge on any atom is 0.223 e. The van der Waals surface area contributed by atoms with Crippen molar-refractivity contribution in [2.45, 2.75) is 32.1 Å². The summed E-state index contributed by atoms with van der Waals surface area (Å²) in [5.41, 5.74) is 0.746. The largest absolute Gasteiger partial charge is 0.441 e. The van der Waals surface area contributed by atoms with E-state index in [0.717, 1.165) is 64.3 Å². The molecule has 1 amide bonds. The molecule has 2 aliphatic rings. The molecule has 0 N–H and O–H groups in total. The summed E-state index contributed by atoms with van der Waals surface area (Å²) >= 11 is 12.2. The van der Waals surface area contributed by atoms with Crippen LogP contribution >= 0.6 is 23.2 Å². The van der Waals surface area contributed by atoms with Crippen molar-refractivity contribution in [3.8, 4) is 11.3 Å². The second kappa shape index (κ2) is 10.8. The van der Waals surface area contributed by atoms with E-state index in [1.54, 1.807) is 18.3 Å². The first-order valence-electron chi connectivity index (χ1n) is 11.1. The van der Waals surface area contributed by atoms with Gasteiger partial charge in [-0.15, -0.1) is 0 Å². The molecule has 0 aliphatic carbocycles. The van der Waals surface area contributed by atoms with Crippen molar-refractivity contribution in [3.05, 3.63) is 40.3 Å². The fourth-order valence-electron chi connectivity index (χ4n) is 4.27. The Bertz CT molecular complexity index is 875.